The third kappa shape index (κ3) is 6.86. The molecule has 1 heterocycles. The molecule has 166 valence electrons. The minimum Gasteiger partial charge on any atom is -0.491 e. The molecule has 1 unspecified atom stereocenters. The SMILES string of the molecule is CCCCCCCCc1ccc(OCC(O)Cn2ccc3cc(C(N)=O)ccc32)cc1. The molecule has 0 radical (unpaired) electrons. The number of benzene rings is 2. The van der Waals surface area contributed by atoms with Gasteiger partial charge in [0.05, 0.1) is 6.54 Å². The molecule has 3 N–H and O–H groups in total. The number of carbonyl (C=O) groups excluding carboxylic acids is 1. The number of carbonyl (C=O) groups is 1. The van der Waals surface area contributed by atoms with E-state index in [1.54, 1.807) is 12.1 Å². The smallest absolute Gasteiger partial charge is 0.248 e. The number of rotatable bonds is 13. The van der Waals surface area contributed by atoms with Crippen LogP contribution in [0.5, 0.6) is 5.75 Å². The Morgan fingerprint density at radius 2 is 1.77 bits per heavy atom. The molecular weight excluding hydrogens is 388 g/mol. The predicted octanol–water partition coefficient (Wildman–Crippen LogP) is 5.08. The van der Waals surface area contributed by atoms with Gasteiger partial charge in [0.1, 0.15) is 18.5 Å². The van der Waals surface area contributed by atoms with E-state index in [-0.39, 0.29) is 6.61 Å². The summed E-state index contributed by atoms with van der Waals surface area (Å²) in [4.78, 5) is 11.3. The van der Waals surface area contributed by atoms with Crippen LogP contribution in [0.2, 0.25) is 0 Å². The molecule has 31 heavy (non-hydrogen) atoms. The minimum absolute atomic E-state index is 0.218. The van der Waals surface area contributed by atoms with E-state index in [1.165, 1.54) is 44.1 Å². The van der Waals surface area contributed by atoms with Gasteiger partial charge in [-0.25, -0.2) is 0 Å². The number of aliphatic hydroxyl groups is 1. The van der Waals surface area contributed by atoms with Crippen molar-refractivity contribution in [3.63, 3.8) is 0 Å². The van der Waals surface area contributed by atoms with Gasteiger partial charge in [0.25, 0.3) is 0 Å². The molecule has 0 spiro atoms. The Balaban J connectivity index is 1.44. The number of nitrogens with zero attached hydrogens (tertiary/aromatic N) is 1. The second-order valence-corrected chi connectivity index (χ2v) is 8.23. The molecule has 5 nitrogen and oxygen atoms in total. The number of hydrogen-bond donors (Lipinski definition) is 2. The van der Waals surface area contributed by atoms with Crippen molar-refractivity contribution in [1.29, 1.82) is 0 Å². The van der Waals surface area contributed by atoms with E-state index < -0.39 is 12.0 Å². The van der Waals surface area contributed by atoms with Crippen LogP contribution in [0.4, 0.5) is 0 Å². The number of amides is 1. The van der Waals surface area contributed by atoms with Gasteiger partial charge in [0.15, 0.2) is 0 Å². The Bertz CT molecular complexity index is 962. The van der Waals surface area contributed by atoms with Crippen LogP contribution in [0.15, 0.2) is 54.7 Å². The van der Waals surface area contributed by atoms with Crippen molar-refractivity contribution >= 4 is 16.8 Å². The van der Waals surface area contributed by atoms with Gasteiger partial charge in [-0.3, -0.25) is 4.79 Å². The summed E-state index contributed by atoms with van der Waals surface area (Å²) in [6, 6.07) is 15.4. The Labute approximate surface area is 184 Å². The fourth-order valence-electron chi connectivity index (χ4n) is 3.85. The fraction of sp³-hybridized carbons (Fsp3) is 0.423. The average Bonchev–Trinajstić information content (AvgIpc) is 3.17. The molecule has 0 fully saturated rings. The van der Waals surface area contributed by atoms with Gasteiger partial charge in [-0.05, 0) is 54.8 Å². The molecule has 5 heteroatoms. The second kappa shape index (κ2) is 11.6. The molecule has 1 amide bonds. The fourth-order valence-corrected chi connectivity index (χ4v) is 3.85. The van der Waals surface area contributed by atoms with E-state index in [2.05, 4.69) is 19.1 Å². The minimum atomic E-state index is -0.644. The molecule has 1 aromatic heterocycles. The van der Waals surface area contributed by atoms with Gasteiger partial charge < -0.3 is 20.1 Å². The largest absolute Gasteiger partial charge is 0.491 e. The molecule has 1 atom stereocenters. The number of ether oxygens (including phenoxy) is 1. The van der Waals surface area contributed by atoms with E-state index in [9.17, 15) is 9.90 Å². The molecule has 0 saturated heterocycles. The first kappa shape index (κ1) is 22.9. The van der Waals surface area contributed by atoms with Gasteiger partial charge in [0.2, 0.25) is 5.91 Å². The number of aromatic nitrogens is 1. The van der Waals surface area contributed by atoms with Crippen molar-refractivity contribution in [2.45, 2.75) is 64.5 Å². The van der Waals surface area contributed by atoms with Gasteiger partial charge in [-0.1, -0.05) is 51.2 Å². The van der Waals surface area contributed by atoms with Gasteiger partial charge >= 0.3 is 0 Å². The van der Waals surface area contributed by atoms with E-state index in [4.69, 9.17) is 10.5 Å². The van der Waals surface area contributed by atoms with Crippen molar-refractivity contribution in [3.05, 3.63) is 65.9 Å². The summed E-state index contributed by atoms with van der Waals surface area (Å²) in [7, 11) is 0. The second-order valence-electron chi connectivity index (χ2n) is 8.23. The maximum atomic E-state index is 11.3. The highest BCUT2D eigenvalue weighted by molar-refractivity contribution is 5.97. The predicted molar refractivity (Wildman–Crippen MR) is 125 cm³/mol. The van der Waals surface area contributed by atoms with E-state index in [1.807, 2.05) is 35.0 Å². The maximum Gasteiger partial charge on any atom is 0.248 e. The summed E-state index contributed by atoms with van der Waals surface area (Å²) in [6.45, 7) is 2.87. The van der Waals surface area contributed by atoms with E-state index in [0.29, 0.717) is 12.1 Å². The van der Waals surface area contributed by atoms with Crippen molar-refractivity contribution in [3.8, 4) is 5.75 Å². The van der Waals surface area contributed by atoms with E-state index in [0.717, 1.165) is 23.1 Å². The number of primary amides is 1. The first-order valence-corrected chi connectivity index (χ1v) is 11.4. The average molecular weight is 423 g/mol. The van der Waals surface area contributed by atoms with Crippen molar-refractivity contribution < 1.29 is 14.6 Å². The zero-order valence-corrected chi connectivity index (χ0v) is 18.4. The van der Waals surface area contributed by atoms with Crippen LogP contribution in [-0.2, 0) is 13.0 Å². The zero-order valence-electron chi connectivity index (χ0n) is 18.4. The molecule has 2 aromatic carbocycles. The van der Waals surface area contributed by atoms with Crippen molar-refractivity contribution in [2.75, 3.05) is 6.61 Å². The number of hydrogen-bond acceptors (Lipinski definition) is 3. The topological polar surface area (TPSA) is 77.5 Å². The van der Waals surface area contributed by atoms with Crippen LogP contribution in [0.3, 0.4) is 0 Å². The summed E-state index contributed by atoms with van der Waals surface area (Å²) >= 11 is 0. The standard InChI is InChI=1S/C26H34N2O3/c1-2-3-4-5-6-7-8-20-9-12-24(13-10-20)31-19-23(29)18-28-16-15-21-17-22(26(27)30)11-14-25(21)28/h9-17,23,29H,2-8,18-19H2,1H3,(H2,27,30). The van der Waals surface area contributed by atoms with Crippen LogP contribution in [0.25, 0.3) is 10.9 Å². The van der Waals surface area contributed by atoms with Crippen molar-refractivity contribution in [1.82, 2.24) is 4.57 Å². The van der Waals surface area contributed by atoms with Gasteiger partial charge in [-0.2, -0.15) is 0 Å². The van der Waals surface area contributed by atoms with Crippen LogP contribution < -0.4 is 10.5 Å². The summed E-state index contributed by atoms with van der Waals surface area (Å²) in [5.41, 5.74) is 8.10. The molecule has 0 saturated carbocycles. The third-order valence-electron chi connectivity index (χ3n) is 5.65. The number of fused-ring (bicyclic) bond motifs is 1. The van der Waals surface area contributed by atoms with Crippen LogP contribution in [0, 0.1) is 0 Å². The Morgan fingerprint density at radius 3 is 2.52 bits per heavy atom. The lowest BCUT2D eigenvalue weighted by molar-refractivity contribution is 0.0935. The zero-order chi connectivity index (χ0) is 22.1. The number of nitrogens with two attached hydrogens (primary N) is 1. The summed E-state index contributed by atoms with van der Waals surface area (Å²) < 4.78 is 7.74. The van der Waals surface area contributed by atoms with Gasteiger partial charge in [0, 0.05) is 22.7 Å². The lowest BCUT2D eigenvalue weighted by Crippen LogP contribution is -2.23. The summed E-state index contributed by atoms with van der Waals surface area (Å²) in [6.07, 6.45) is 10.2. The van der Waals surface area contributed by atoms with Crippen LogP contribution >= 0.6 is 0 Å². The van der Waals surface area contributed by atoms with E-state index >= 15 is 0 Å². The summed E-state index contributed by atoms with van der Waals surface area (Å²) in [5.74, 6) is 0.329. The lowest BCUT2D eigenvalue weighted by Gasteiger charge is -2.14. The molecule has 0 aliphatic carbocycles. The van der Waals surface area contributed by atoms with Crippen molar-refractivity contribution in [2.24, 2.45) is 5.73 Å². The van der Waals surface area contributed by atoms with Crippen LogP contribution in [0.1, 0.15) is 61.4 Å². The monoisotopic (exact) mass is 422 g/mol. The molecular formula is C26H34N2O3. The number of unbranched alkanes of at least 4 members (excludes halogenated alkanes) is 5. The normalized spacial score (nSPS) is 12.2. The summed E-state index contributed by atoms with van der Waals surface area (Å²) in [5, 5.41) is 11.3. The van der Waals surface area contributed by atoms with Crippen LogP contribution in [-0.4, -0.2) is 28.3 Å². The highest BCUT2D eigenvalue weighted by atomic mass is 16.5. The molecule has 0 aliphatic rings. The number of aliphatic hydroxyl groups excluding tert-OH is 1. The number of aryl methyl sites for hydroxylation is 1. The quantitative estimate of drug-likeness (QED) is 0.377. The maximum absolute atomic E-state index is 11.3. The first-order valence-electron chi connectivity index (χ1n) is 11.4. The molecule has 3 aromatic rings. The first-order chi connectivity index (χ1) is 15.1. The van der Waals surface area contributed by atoms with Gasteiger partial charge in [-0.15, -0.1) is 0 Å². The highest BCUT2D eigenvalue weighted by Crippen LogP contribution is 2.19. The molecule has 3 rings (SSSR count). The lowest BCUT2D eigenvalue weighted by atomic mass is 10.0. The highest BCUT2D eigenvalue weighted by Gasteiger charge is 2.10. The Hall–Kier alpha value is -2.79. The Morgan fingerprint density at radius 1 is 1.03 bits per heavy atom. The molecule has 0 aliphatic heterocycles. The molecule has 0 bridgehead atoms. The third-order valence-corrected chi connectivity index (χ3v) is 5.65. The Kier molecular flexibility index (Phi) is 8.53.